The lowest BCUT2D eigenvalue weighted by Gasteiger charge is -2.50. The van der Waals surface area contributed by atoms with Crippen molar-refractivity contribution in [3.63, 3.8) is 0 Å². The summed E-state index contributed by atoms with van der Waals surface area (Å²) in [4.78, 5) is 3.86. The van der Waals surface area contributed by atoms with E-state index < -0.39 is 125 Å². The zero-order valence-corrected chi connectivity index (χ0v) is 42.1. The Kier molecular flexibility index (Phi) is 15.2. The third-order valence-electron chi connectivity index (χ3n) is 13.5. The first-order valence-corrected chi connectivity index (χ1v) is 29.5. The van der Waals surface area contributed by atoms with E-state index in [1.165, 1.54) is 48.5 Å². The lowest BCUT2D eigenvalue weighted by molar-refractivity contribution is -0.0733. The summed E-state index contributed by atoms with van der Waals surface area (Å²) in [5, 5.41) is 12.3. The van der Waals surface area contributed by atoms with Gasteiger partial charge >= 0.3 is 0 Å². The molecule has 9 rings (SSSR count). The van der Waals surface area contributed by atoms with Crippen LogP contribution in [0.15, 0.2) is 87.6 Å². The van der Waals surface area contributed by atoms with E-state index in [4.69, 9.17) is 47.4 Å². The van der Waals surface area contributed by atoms with Crippen LogP contribution in [-0.4, -0.2) is 114 Å². The molecule has 382 valence electrons. The molecule has 25 heteroatoms. The van der Waals surface area contributed by atoms with Crippen molar-refractivity contribution in [2.24, 2.45) is 16.8 Å². The van der Waals surface area contributed by atoms with E-state index in [9.17, 15) is 42.5 Å². The predicted molar refractivity (Wildman–Crippen MR) is 252 cm³/mol. The number of ether oxygens (including phenoxy) is 4. The topological polar surface area (TPSA) is 222 Å². The Balaban J connectivity index is 0.000000191. The Hall–Kier alpha value is -4.54. The first kappa shape index (κ1) is 52.8. The van der Waals surface area contributed by atoms with Crippen molar-refractivity contribution in [2.45, 2.75) is 57.2 Å². The van der Waals surface area contributed by atoms with E-state index in [2.05, 4.69) is 10.3 Å². The lowest BCUT2D eigenvalue weighted by Crippen LogP contribution is -2.57. The molecule has 6 atom stereocenters. The Morgan fingerprint density at radius 1 is 0.634 bits per heavy atom. The SMILES string of the molecule is N#CCS(=O)(=O)CC[C@@H]1OCC[C@@]2(S(=O)(=O)c3ccc(Cl)cc3)c3c(F)ccc(F)c3OC[C@@H]12.O=S(=O)(CC[C@@H]1OCC[C@@]2(S(=O)(=O)c3ccc(Cl)cc3)c3c(F)ccc(F)c3OC[C@@H]12)CC1=NCCN1. The van der Waals surface area contributed by atoms with Crippen LogP contribution in [0.5, 0.6) is 11.5 Å². The number of aliphatic imine (C=N–C) groups is 1. The number of nitrogens with one attached hydrogen (secondary N) is 1. The monoisotopic (exact) mass is 1110 g/mol. The highest BCUT2D eigenvalue weighted by Crippen LogP contribution is 2.57. The number of nitrogens with zero attached hydrogens (tertiary/aromatic N) is 2. The van der Waals surface area contributed by atoms with Gasteiger partial charge in [0.15, 0.2) is 62.5 Å². The second-order valence-electron chi connectivity index (χ2n) is 17.5. The number of benzene rings is 4. The molecule has 0 aromatic heterocycles. The maximum absolute atomic E-state index is 15.4. The Labute approximate surface area is 418 Å². The standard InChI is InChI=1S/C24H25ClF2N2O6S2.C22H20ClF2NO6S2/c25-15-1-3-16(4-2-15)37(32,33)24-8-11-34-20(7-12-36(30,31)14-21-28-9-10-29-21)17(24)13-35-23-19(27)6-5-18(26)22(23)24;23-14-1-3-15(4-2-14)34(29,30)22-8-10-31-19(7-11-33(27,28)12-9-26)16(22)13-32-21-18(25)6-5-17(24)20(21)22/h1-6,17,20H,7-14H2,(H,28,29);1-6,16,19H,7-8,10-13H2/t17-,20-,24-;16-,19-,22-/m00/s1. The van der Waals surface area contributed by atoms with Crippen molar-refractivity contribution in [3.8, 4) is 17.6 Å². The molecule has 0 radical (unpaired) electrons. The van der Waals surface area contributed by atoms with Crippen LogP contribution < -0.4 is 14.8 Å². The molecule has 5 heterocycles. The molecule has 0 spiro atoms. The van der Waals surface area contributed by atoms with Gasteiger partial charge in [-0.3, -0.25) is 4.99 Å². The van der Waals surface area contributed by atoms with Crippen LogP contribution in [0.4, 0.5) is 17.6 Å². The van der Waals surface area contributed by atoms with Gasteiger partial charge < -0.3 is 24.3 Å². The summed E-state index contributed by atoms with van der Waals surface area (Å²) in [5.74, 6) is -7.93. The lowest BCUT2D eigenvalue weighted by atomic mass is 9.75. The number of hydrogen-bond acceptors (Lipinski definition) is 15. The van der Waals surface area contributed by atoms with Crippen LogP contribution in [0.1, 0.15) is 36.8 Å². The van der Waals surface area contributed by atoms with Crippen molar-refractivity contribution < 1.29 is 70.2 Å². The first-order valence-electron chi connectivity index (χ1n) is 22.1. The van der Waals surface area contributed by atoms with Gasteiger partial charge in [-0.25, -0.2) is 51.2 Å². The second kappa shape index (κ2) is 20.4. The molecule has 4 aromatic rings. The average molecular weight is 1110 g/mol. The maximum Gasteiger partial charge on any atom is 0.189 e. The summed E-state index contributed by atoms with van der Waals surface area (Å²) >= 11 is 11.9. The predicted octanol–water partition coefficient (Wildman–Crippen LogP) is 6.30. The molecule has 71 heavy (non-hydrogen) atoms. The third kappa shape index (κ3) is 9.87. The number of amidine groups is 1. The fourth-order valence-electron chi connectivity index (χ4n) is 10.3. The Morgan fingerprint density at radius 3 is 1.46 bits per heavy atom. The number of hydrogen-bond donors (Lipinski definition) is 1. The van der Waals surface area contributed by atoms with Gasteiger partial charge in [0.1, 0.15) is 38.5 Å². The zero-order valence-electron chi connectivity index (χ0n) is 37.3. The van der Waals surface area contributed by atoms with Gasteiger partial charge in [0, 0.05) is 41.6 Å². The molecule has 0 bridgehead atoms. The summed E-state index contributed by atoms with van der Waals surface area (Å²) in [6.45, 7) is 0.215. The van der Waals surface area contributed by atoms with Crippen molar-refractivity contribution in [1.82, 2.24) is 5.32 Å². The smallest absolute Gasteiger partial charge is 0.189 e. The van der Waals surface area contributed by atoms with Crippen molar-refractivity contribution in [2.75, 3.05) is 62.5 Å². The molecule has 5 aliphatic rings. The van der Waals surface area contributed by atoms with E-state index in [1.54, 1.807) is 6.07 Å². The number of sulfone groups is 4. The fraction of sp³-hybridized carbons (Fsp3) is 0.435. The van der Waals surface area contributed by atoms with Gasteiger partial charge in [0.2, 0.25) is 0 Å². The molecule has 5 aliphatic heterocycles. The highest BCUT2D eigenvalue weighted by Gasteiger charge is 2.63. The summed E-state index contributed by atoms with van der Waals surface area (Å²) < 4.78 is 186. The highest BCUT2D eigenvalue weighted by atomic mass is 35.5. The number of halogens is 6. The van der Waals surface area contributed by atoms with Gasteiger partial charge in [-0.2, -0.15) is 5.26 Å². The largest absolute Gasteiger partial charge is 0.490 e. The van der Waals surface area contributed by atoms with E-state index in [0.717, 1.165) is 24.3 Å². The van der Waals surface area contributed by atoms with Gasteiger partial charge in [-0.1, -0.05) is 23.2 Å². The maximum atomic E-state index is 15.4. The summed E-state index contributed by atoms with van der Waals surface area (Å²) in [6.07, 6.45) is -2.40. The highest BCUT2D eigenvalue weighted by molar-refractivity contribution is 7.93. The molecule has 1 N–H and O–H groups in total. The molecule has 2 fully saturated rings. The van der Waals surface area contributed by atoms with E-state index in [0.29, 0.717) is 29.0 Å². The number of rotatable bonds is 13. The van der Waals surface area contributed by atoms with Crippen LogP contribution in [0.3, 0.4) is 0 Å². The van der Waals surface area contributed by atoms with E-state index >= 15 is 8.78 Å². The van der Waals surface area contributed by atoms with Gasteiger partial charge in [-0.15, -0.1) is 0 Å². The molecule has 0 aliphatic carbocycles. The molecule has 4 aromatic carbocycles. The minimum atomic E-state index is -4.38. The average Bonchev–Trinajstić information content (AvgIpc) is 3.84. The Morgan fingerprint density at radius 2 is 1.06 bits per heavy atom. The molecule has 0 unspecified atom stereocenters. The van der Waals surface area contributed by atoms with Gasteiger partial charge in [-0.05, 0) is 98.5 Å². The number of nitriles is 1. The van der Waals surface area contributed by atoms with Crippen LogP contribution >= 0.6 is 23.2 Å². The normalized spacial score (nSPS) is 24.9. The molecule has 15 nitrogen and oxygen atoms in total. The van der Waals surface area contributed by atoms with E-state index in [1.807, 2.05) is 0 Å². The van der Waals surface area contributed by atoms with E-state index in [-0.39, 0.29) is 79.0 Å². The molecule has 2 saturated heterocycles. The van der Waals surface area contributed by atoms with Crippen LogP contribution in [-0.2, 0) is 58.3 Å². The quantitative estimate of drug-likeness (QED) is 0.145. The first-order chi connectivity index (χ1) is 33.6. The van der Waals surface area contributed by atoms with Crippen LogP contribution in [0.2, 0.25) is 10.0 Å². The Bertz CT molecular complexity index is 3240. The summed E-state index contributed by atoms with van der Waals surface area (Å²) in [5.41, 5.74) is -0.814. The molecular weight excluding hydrogens is 1060 g/mol. The summed E-state index contributed by atoms with van der Waals surface area (Å²) in [6, 6.07) is 15.9. The zero-order chi connectivity index (χ0) is 51.1. The minimum absolute atomic E-state index is 0.0478. The fourth-order valence-corrected chi connectivity index (χ4v) is 17.5. The van der Waals surface area contributed by atoms with Crippen molar-refractivity contribution >= 4 is 68.4 Å². The van der Waals surface area contributed by atoms with Gasteiger partial charge in [0.25, 0.3) is 0 Å². The van der Waals surface area contributed by atoms with Gasteiger partial charge in [0.05, 0.1) is 70.5 Å². The van der Waals surface area contributed by atoms with Crippen molar-refractivity contribution in [3.05, 3.63) is 117 Å². The number of fused-ring (bicyclic) bond motifs is 6. The van der Waals surface area contributed by atoms with Crippen LogP contribution in [0.25, 0.3) is 0 Å². The molecule has 0 amide bonds. The van der Waals surface area contributed by atoms with Crippen molar-refractivity contribution in [1.29, 1.82) is 5.26 Å². The summed E-state index contributed by atoms with van der Waals surface area (Å²) in [7, 11) is -16.1. The molecular formula is C46H45Cl2F4N3O12S4. The molecule has 0 saturated carbocycles. The van der Waals surface area contributed by atoms with Crippen LogP contribution in [0, 0.1) is 46.4 Å². The minimum Gasteiger partial charge on any atom is -0.490 e. The third-order valence-corrected chi connectivity index (χ3v) is 22.1. The second-order valence-corrected chi connectivity index (χ2v) is 27.1.